The van der Waals surface area contributed by atoms with Gasteiger partial charge in [-0.2, -0.15) is 6.61 Å². The van der Waals surface area contributed by atoms with E-state index in [0.717, 1.165) is 18.9 Å². The van der Waals surface area contributed by atoms with Gasteiger partial charge in [0.1, 0.15) is 0 Å². The van der Waals surface area contributed by atoms with Gasteiger partial charge in [0, 0.05) is 6.08 Å². The molecule has 0 aromatic rings. The first-order chi connectivity index (χ1) is 6.31. The van der Waals surface area contributed by atoms with Crippen molar-refractivity contribution in [3.8, 4) is 0 Å². The van der Waals surface area contributed by atoms with Crippen LogP contribution in [0.2, 0.25) is 0 Å². The van der Waals surface area contributed by atoms with E-state index in [9.17, 15) is 4.79 Å². The zero-order valence-corrected chi connectivity index (χ0v) is 12.8. The first-order valence-corrected chi connectivity index (χ1v) is 5.30. The van der Waals surface area contributed by atoms with Crippen molar-refractivity contribution in [1.82, 2.24) is 0 Å². The fourth-order valence-corrected chi connectivity index (χ4v) is 0.307. The van der Waals surface area contributed by atoms with E-state index in [1.54, 1.807) is 0 Å². The summed E-state index contributed by atoms with van der Waals surface area (Å²) >= 11 is 0. The SMILES string of the molecule is C=CC(=O)O[CH-]CCC.O=P(O)(O)O.[K+]. The Morgan fingerprint density at radius 3 is 2.20 bits per heavy atom. The number of phosphoric acid groups is 1. The average molecular weight is 264 g/mol. The number of rotatable bonds is 4. The van der Waals surface area contributed by atoms with Gasteiger partial charge in [-0.1, -0.05) is 19.9 Å². The Bertz CT molecular complexity index is 205. The van der Waals surface area contributed by atoms with E-state index in [0.29, 0.717) is 0 Å². The van der Waals surface area contributed by atoms with E-state index in [1.165, 1.54) is 6.61 Å². The number of esters is 1. The van der Waals surface area contributed by atoms with Crippen molar-refractivity contribution in [3.05, 3.63) is 19.3 Å². The van der Waals surface area contributed by atoms with Crippen LogP contribution in [0.3, 0.4) is 0 Å². The molecule has 84 valence electrons. The molecule has 0 fully saturated rings. The Morgan fingerprint density at radius 2 is 1.93 bits per heavy atom. The quantitative estimate of drug-likeness (QED) is 0.132. The molecular formula is C7H14KO6P. The number of unbranched alkanes of at least 4 members (excludes halogenated alkanes) is 1. The van der Waals surface area contributed by atoms with Crippen molar-refractivity contribution in [1.29, 1.82) is 0 Å². The van der Waals surface area contributed by atoms with Gasteiger partial charge in [-0.05, 0) is 0 Å². The summed E-state index contributed by atoms with van der Waals surface area (Å²) < 4.78 is 13.4. The Morgan fingerprint density at radius 1 is 1.53 bits per heavy atom. The molecule has 0 rings (SSSR count). The molecule has 0 amide bonds. The predicted molar refractivity (Wildman–Crippen MR) is 49.8 cm³/mol. The molecule has 0 spiro atoms. The minimum Gasteiger partial charge on any atom is -0.634 e. The van der Waals surface area contributed by atoms with Crippen LogP contribution in [0.15, 0.2) is 12.7 Å². The van der Waals surface area contributed by atoms with Gasteiger partial charge in [0.25, 0.3) is 5.97 Å². The van der Waals surface area contributed by atoms with Crippen LogP contribution in [0.25, 0.3) is 0 Å². The molecule has 0 saturated carbocycles. The van der Waals surface area contributed by atoms with Crippen molar-refractivity contribution in [2.24, 2.45) is 0 Å². The molecule has 8 heteroatoms. The number of carbonyl (C=O) groups excluding carboxylic acids is 1. The Labute approximate surface area is 131 Å². The number of hydrogen-bond donors (Lipinski definition) is 3. The van der Waals surface area contributed by atoms with Crippen LogP contribution in [0.1, 0.15) is 19.8 Å². The van der Waals surface area contributed by atoms with Gasteiger partial charge in [-0.15, -0.1) is 6.42 Å². The van der Waals surface area contributed by atoms with Gasteiger partial charge in [0.05, 0.1) is 0 Å². The van der Waals surface area contributed by atoms with Crippen molar-refractivity contribution in [2.45, 2.75) is 19.8 Å². The van der Waals surface area contributed by atoms with Gasteiger partial charge in [-0.3, -0.25) is 0 Å². The zero-order valence-electron chi connectivity index (χ0n) is 8.79. The van der Waals surface area contributed by atoms with Crippen LogP contribution < -0.4 is 51.4 Å². The standard InChI is InChI=1S/C7H11O2.K.H3O4P/c1-3-5-6-9-7(8)4-2;;1-5(2,3)4/h4,6H,2-3,5H2,1H3;;(H3,1,2,3,4)/q-1;+1;. The van der Waals surface area contributed by atoms with Gasteiger partial charge in [0.2, 0.25) is 0 Å². The summed E-state index contributed by atoms with van der Waals surface area (Å²) in [7, 11) is -4.64. The molecule has 0 bridgehead atoms. The van der Waals surface area contributed by atoms with Gasteiger partial charge < -0.3 is 19.4 Å². The van der Waals surface area contributed by atoms with E-state index in [-0.39, 0.29) is 57.4 Å². The monoisotopic (exact) mass is 264 g/mol. The van der Waals surface area contributed by atoms with E-state index in [2.05, 4.69) is 11.3 Å². The second kappa shape index (κ2) is 13.0. The summed E-state index contributed by atoms with van der Waals surface area (Å²) in [4.78, 5) is 31.9. The summed E-state index contributed by atoms with van der Waals surface area (Å²) in [5, 5.41) is 0. The summed E-state index contributed by atoms with van der Waals surface area (Å²) in [5.41, 5.74) is 0. The molecule has 0 aliphatic heterocycles. The molecule has 0 aliphatic carbocycles. The van der Waals surface area contributed by atoms with Crippen LogP contribution in [-0.2, 0) is 14.1 Å². The first-order valence-electron chi connectivity index (χ1n) is 3.74. The fraction of sp³-hybridized carbons (Fsp3) is 0.429. The molecule has 0 aromatic heterocycles. The minimum absolute atomic E-state index is 0. The zero-order chi connectivity index (χ0) is 11.6. The van der Waals surface area contributed by atoms with Crippen LogP contribution in [-0.4, -0.2) is 20.6 Å². The van der Waals surface area contributed by atoms with Crippen molar-refractivity contribution in [3.63, 3.8) is 0 Å². The maximum atomic E-state index is 10.3. The van der Waals surface area contributed by atoms with Gasteiger partial charge in [0.15, 0.2) is 0 Å². The first kappa shape index (κ1) is 21.3. The van der Waals surface area contributed by atoms with Crippen LogP contribution in [0, 0.1) is 6.61 Å². The number of ether oxygens (including phenoxy) is 1. The van der Waals surface area contributed by atoms with Crippen LogP contribution in [0.5, 0.6) is 0 Å². The molecule has 3 N–H and O–H groups in total. The van der Waals surface area contributed by atoms with E-state index in [1.807, 2.05) is 6.92 Å². The molecule has 0 unspecified atom stereocenters. The molecule has 0 heterocycles. The molecular weight excluding hydrogens is 250 g/mol. The van der Waals surface area contributed by atoms with Gasteiger partial charge in [-0.25, -0.2) is 9.36 Å². The molecule has 0 saturated heterocycles. The third-order valence-corrected chi connectivity index (χ3v) is 0.773. The van der Waals surface area contributed by atoms with Crippen molar-refractivity contribution < 1.29 is 80.2 Å². The topological polar surface area (TPSA) is 104 Å². The second-order valence-electron chi connectivity index (χ2n) is 2.11. The smallest absolute Gasteiger partial charge is 0.634 e. The summed E-state index contributed by atoms with van der Waals surface area (Å²) in [6.45, 7) is 6.75. The maximum Gasteiger partial charge on any atom is 1.00 e. The third-order valence-electron chi connectivity index (χ3n) is 0.773. The third kappa shape index (κ3) is 39.7. The predicted octanol–water partition coefficient (Wildman–Crippen LogP) is -2.25. The normalized spacial score (nSPS) is 9.07. The molecule has 0 atom stereocenters. The average Bonchev–Trinajstić information content (AvgIpc) is 2.01. The summed E-state index contributed by atoms with van der Waals surface area (Å²) in [6, 6.07) is 0. The van der Waals surface area contributed by atoms with E-state index in [4.69, 9.17) is 19.2 Å². The molecule has 0 aliphatic rings. The summed E-state index contributed by atoms with van der Waals surface area (Å²) in [5.74, 6) is -0.386. The van der Waals surface area contributed by atoms with Gasteiger partial charge >= 0.3 is 59.2 Å². The number of hydrogen-bond acceptors (Lipinski definition) is 3. The largest absolute Gasteiger partial charge is 1.00 e. The Hall–Kier alpha value is 0.956. The molecule has 6 nitrogen and oxygen atoms in total. The van der Waals surface area contributed by atoms with Crippen LogP contribution in [0.4, 0.5) is 0 Å². The summed E-state index contributed by atoms with van der Waals surface area (Å²) in [6.07, 6.45) is 2.94. The Kier molecular flexibility index (Phi) is 18.5. The maximum absolute atomic E-state index is 10.3. The van der Waals surface area contributed by atoms with Crippen LogP contribution >= 0.6 is 7.82 Å². The number of carbonyl (C=O) groups is 1. The molecule has 0 aromatic carbocycles. The molecule has 0 radical (unpaired) electrons. The van der Waals surface area contributed by atoms with E-state index < -0.39 is 7.82 Å². The fourth-order valence-electron chi connectivity index (χ4n) is 0.307. The molecule has 15 heavy (non-hydrogen) atoms. The minimum atomic E-state index is -4.64. The second-order valence-corrected chi connectivity index (χ2v) is 3.14. The Balaban J connectivity index is -0.000000208. The van der Waals surface area contributed by atoms with Crippen molar-refractivity contribution in [2.75, 3.05) is 0 Å². The van der Waals surface area contributed by atoms with E-state index >= 15 is 0 Å². The van der Waals surface area contributed by atoms with Crippen molar-refractivity contribution >= 4 is 13.8 Å².